The van der Waals surface area contributed by atoms with Gasteiger partial charge in [-0.2, -0.15) is 5.26 Å². The number of benzene rings is 1. The van der Waals surface area contributed by atoms with Gasteiger partial charge in [0.2, 0.25) is 0 Å². The fourth-order valence-corrected chi connectivity index (χ4v) is 3.47. The minimum Gasteiger partial charge on any atom is -0.493 e. The highest BCUT2D eigenvalue weighted by atomic mass is 16.5. The van der Waals surface area contributed by atoms with Gasteiger partial charge in [-0.3, -0.25) is 0 Å². The van der Waals surface area contributed by atoms with E-state index in [4.69, 9.17) is 15.2 Å². The fraction of sp³-hybridized carbons (Fsp3) is 0.368. The molecule has 0 saturated carbocycles. The Morgan fingerprint density at radius 2 is 2.00 bits per heavy atom. The number of aromatic nitrogens is 1. The molecule has 1 aromatic carbocycles. The van der Waals surface area contributed by atoms with Crippen molar-refractivity contribution in [2.45, 2.75) is 32.1 Å². The van der Waals surface area contributed by atoms with Crippen LogP contribution in [0.25, 0.3) is 11.1 Å². The topological polar surface area (TPSA) is 81.2 Å². The Labute approximate surface area is 142 Å². The van der Waals surface area contributed by atoms with Gasteiger partial charge >= 0.3 is 0 Å². The summed E-state index contributed by atoms with van der Waals surface area (Å²) in [6.45, 7) is 2.16. The maximum absolute atomic E-state index is 9.63. The number of nitriles is 1. The van der Waals surface area contributed by atoms with Crippen LogP contribution in [-0.4, -0.2) is 19.2 Å². The number of fused-ring (bicyclic) bond motifs is 1. The van der Waals surface area contributed by atoms with Crippen LogP contribution in [0.15, 0.2) is 18.2 Å². The van der Waals surface area contributed by atoms with E-state index in [0.717, 1.165) is 41.6 Å². The van der Waals surface area contributed by atoms with Gasteiger partial charge in [0, 0.05) is 11.3 Å². The third-order valence-corrected chi connectivity index (χ3v) is 4.67. The molecule has 0 saturated heterocycles. The van der Waals surface area contributed by atoms with Gasteiger partial charge in [-0.25, -0.2) is 4.98 Å². The first-order valence-electron chi connectivity index (χ1n) is 8.05. The zero-order valence-electron chi connectivity index (χ0n) is 14.2. The molecule has 1 unspecified atom stereocenters. The van der Waals surface area contributed by atoms with Gasteiger partial charge in [0.1, 0.15) is 17.5 Å². The molecule has 1 aliphatic carbocycles. The number of nitrogens with zero attached hydrogens (tertiary/aromatic N) is 2. The molecule has 124 valence electrons. The van der Waals surface area contributed by atoms with Crippen molar-refractivity contribution < 1.29 is 9.47 Å². The molecule has 3 rings (SSSR count). The third-order valence-electron chi connectivity index (χ3n) is 4.67. The fourth-order valence-electron chi connectivity index (χ4n) is 3.47. The summed E-state index contributed by atoms with van der Waals surface area (Å²) in [7, 11) is 3.21. The van der Waals surface area contributed by atoms with Gasteiger partial charge in [-0.15, -0.1) is 0 Å². The molecule has 0 bridgehead atoms. The lowest BCUT2D eigenvalue weighted by Gasteiger charge is -2.25. The summed E-state index contributed by atoms with van der Waals surface area (Å²) in [5.74, 6) is 1.94. The third kappa shape index (κ3) is 2.54. The monoisotopic (exact) mass is 323 g/mol. The van der Waals surface area contributed by atoms with Crippen LogP contribution in [0.2, 0.25) is 0 Å². The summed E-state index contributed by atoms with van der Waals surface area (Å²) in [5, 5.41) is 9.63. The van der Waals surface area contributed by atoms with Gasteiger partial charge in [0.05, 0.1) is 14.2 Å². The molecule has 1 heterocycles. The summed E-state index contributed by atoms with van der Waals surface area (Å²) in [6.07, 6.45) is 3.09. The molecule has 1 aliphatic rings. The average molecular weight is 323 g/mol. The Morgan fingerprint density at radius 3 is 2.67 bits per heavy atom. The number of hydrogen-bond acceptors (Lipinski definition) is 5. The molecule has 2 N–H and O–H groups in total. The Bertz CT molecular complexity index is 824. The van der Waals surface area contributed by atoms with Crippen LogP contribution < -0.4 is 15.2 Å². The van der Waals surface area contributed by atoms with E-state index in [1.165, 1.54) is 0 Å². The Hall–Kier alpha value is -2.74. The van der Waals surface area contributed by atoms with E-state index in [9.17, 15) is 5.26 Å². The Morgan fingerprint density at radius 1 is 1.25 bits per heavy atom. The molecular weight excluding hydrogens is 302 g/mol. The van der Waals surface area contributed by atoms with Gasteiger partial charge in [-0.1, -0.05) is 13.0 Å². The van der Waals surface area contributed by atoms with E-state index < -0.39 is 0 Å². The summed E-state index contributed by atoms with van der Waals surface area (Å²) < 4.78 is 10.7. The second kappa shape index (κ2) is 6.40. The number of ether oxygens (including phenoxy) is 2. The zero-order chi connectivity index (χ0) is 17.3. The first-order valence-corrected chi connectivity index (χ1v) is 8.05. The number of hydrogen-bond donors (Lipinski definition) is 1. The normalized spacial score (nSPS) is 16.2. The lowest BCUT2D eigenvalue weighted by Crippen LogP contribution is -2.14. The smallest absolute Gasteiger partial charge is 0.161 e. The van der Waals surface area contributed by atoms with E-state index >= 15 is 0 Å². The van der Waals surface area contributed by atoms with Crippen LogP contribution in [-0.2, 0) is 6.42 Å². The van der Waals surface area contributed by atoms with Crippen molar-refractivity contribution in [2.75, 3.05) is 20.0 Å². The zero-order valence-corrected chi connectivity index (χ0v) is 14.2. The molecule has 2 aromatic rings. The molecule has 5 heteroatoms. The molecule has 24 heavy (non-hydrogen) atoms. The molecule has 0 amide bonds. The summed E-state index contributed by atoms with van der Waals surface area (Å²) >= 11 is 0. The van der Waals surface area contributed by atoms with Crippen molar-refractivity contribution in [1.82, 2.24) is 4.98 Å². The molecule has 0 fully saturated rings. The molecule has 0 spiro atoms. The second-order valence-corrected chi connectivity index (χ2v) is 6.09. The van der Waals surface area contributed by atoms with Crippen LogP contribution in [0.1, 0.15) is 42.5 Å². The Balaban J connectivity index is 2.29. The van der Waals surface area contributed by atoms with Crippen molar-refractivity contribution in [2.24, 2.45) is 0 Å². The van der Waals surface area contributed by atoms with Gasteiger partial charge in [-0.05, 0) is 48.4 Å². The van der Waals surface area contributed by atoms with Crippen LogP contribution in [0.3, 0.4) is 0 Å². The molecule has 1 atom stereocenters. The minimum absolute atomic E-state index is 0.301. The molecule has 1 aromatic heterocycles. The van der Waals surface area contributed by atoms with E-state index in [1.54, 1.807) is 14.2 Å². The first-order chi connectivity index (χ1) is 11.6. The number of rotatable bonds is 3. The van der Waals surface area contributed by atoms with E-state index in [0.29, 0.717) is 28.8 Å². The predicted molar refractivity (Wildman–Crippen MR) is 93.3 cm³/mol. The van der Waals surface area contributed by atoms with Crippen molar-refractivity contribution in [1.29, 1.82) is 5.26 Å². The van der Waals surface area contributed by atoms with Crippen LogP contribution in [0.4, 0.5) is 5.82 Å². The quantitative estimate of drug-likeness (QED) is 0.932. The first kappa shape index (κ1) is 16.1. The number of methoxy groups -OCH3 is 2. The van der Waals surface area contributed by atoms with Crippen molar-refractivity contribution >= 4 is 5.82 Å². The van der Waals surface area contributed by atoms with Gasteiger partial charge in [0.25, 0.3) is 0 Å². The molecule has 5 nitrogen and oxygen atoms in total. The number of nitrogen functional groups attached to an aromatic ring is 1. The lowest BCUT2D eigenvalue weighted by atomic mass is 9.82. The summed E-state index contributed by atoms with van der Waals surface area (Å²) in [4.78, 5) is 4.53. The van der Waals surface area contributed by atoms with E-state index in [-0.39, 0.29) is 0 Å². The van der Waals surface area contributed by atoms with Crippen molar-refractivity contribution in [3.05, 3.63) is 35.0 Å². The molecular formula is C19H21N3O2. The number of nitrogens with two attached hydrogens (primary N) is 1. The lowest BCUT2D eigenvalue weighted by molar-refractivity contribution is 0.355. The minimum atomic E-state index is 0.301. The van der Waals surface area contributed by atoms with Crippen LogP contribution in [0, 0.1) is 11.3 Å². The van der Waals surface area contributed by atoms with Gasteiger partial charge in [0.15, 0.2) is 11.5 Å². The highest BCUT2D eigenvalue weighted by Gasteiger charge is 2.26. The predicted octanol–water partition coefficient (Wildman–Crippen LogP) is 3.66. The SMILES string of the molecule is COc1ccc(-c2c(C#N)c(N)nc3c2CCCC3C)cc1OC. The largest absolute Gasteiger partial charge is 0.493 e. The van der Waals surface area contributed by atoms with Crippen molar-refractivity contribution in [3.63, 3.8) is 0 Å². The summed E-state index contributed by atoms with van der Waals surface area (Å²) in [5.41, 5.74) is 10.5. The highest BCUT2D eigenvalue weighted by Crippen LogP contribution is 2.41. The maximum Gasteiger partial charge on any atom is 0.161 e. The molecule has 0 aliphatic heterocycles. The average Bonchev–Trinajstić information content (AvgIpc) is 2.61. The summed E-state index contributed by atoms with van der Waals surface area (Å²) in [6, 6.07) is 7.92. The number of anilines is 1. The van der Waals surface area contributed by atoms with Crippen molar-refractivity contribution in [3.8, 4) is 28.7 Å². The highest BCUT2D eigenvalue weighted by molar-refractivity contribution is 5.80. The Kier molecular flexibility index (Phi) is 4.30. The van der Waals surface area contributed by atoms with Gasteiger partial charge < -0.3 is 15.2 Å². The standard InChI is InChI=1S/C19H21N3O2/c1-11-5-4-6-13-17(14(10-20)19(21)22-18(11)13)12-7-8-15(23-2)16(9-12)24-3/h7-9,11H,4-6H2,1-3H3,(H2,21,22). The molecule has 0 radical (unpaired) electrons. The van der Waals surface area contributed by atoms with E-state index in [2.05, 4.69) is 18.0 Å². The van der Waals surface area contributed by atoms with Crippen LogP contribution >= 0.6 is 0 Å². The van der Waals surface area contributed by atoms with Crippen LogP contribution in [0.5, 0.6) is 11.5 Å². The number of pyridine rings is 1. The maximum atomic E-state index is 9.63. The van der Waals surface area contributed by atoms with E-state index in [1.807, 2.05) is 18.2 Å². The second-order valence-electron chi connectivity index (χ2n) is 6.09.